The van der Waals surface area contributed by atoms with Gasteiger partial charge in [-0.15, -0.1) is 0 Å². The molecule has 3 heteroatoms. The number of aryl methyl sites for hydroxylation is 1. The van der Waals surface area contributed by atoms with Crippen molar-refractivity contribution >= 4 is 6.03 Å². The van der Waals surface area contributed by atoms with Crippen molar-refractivity contribution in [1.82, 2.24) is 10.6 Å². The van der Waals surface area contributed by atoms with Crippen LogP contribution in [0.15, 0.2) is 24.3 Å². The van der Waals surface area contributed by atoms with Crippen molar-refractivity contribution in [2.45, 2.75) is 51.6 Å². The number of carbonyl (C=O) groups is 1. The highest BCUT2D eigenvalue weighted by atomic mass is 16.2. The van der Waals surface area contributed by atoms with Gasteiger partial charge >= 0.3 is 6.03 Å². The number of hydrogen-bond acceptors (Lipinski definition) is 1. The van der Waals surface area contributed by atoms with Crippen LogP contribution in [0.4, 0.5) is 4.79 Å². The molecule has 0 bridgehead atoms. The van der Waals surface area contributed by atoms with Crippen molar-refractivity contribution in [2.75, 3.05) is 0 Å². The monoisotopic (exact) mass is 246 g/mol. The molecule has 2 N–H and O–H groups in total. The summed E-state index contributed by atoms with van der Waals surface area (Å²) in [5.74, 6) is 0. The largest absolute Gasteiger partial charge is 0.336 e. The second kappa shape index (κ2) is 5.89. The van der Waals surface area contributed by atoms with Gasteiger partial charge in [0.1, 0.15) is 0 Å². The Bertz CT molecular complexity index is 417. The Labute approximate surface area is 109 Å². The maximum Gasteiger partial charge on any atom is 0.315 e. The van der Waals surface area contributed by atoms with E-state index in [1.807, 2.05) is 13.0 Å². The van der Waals surface area contributed by atoms with E-state index in [2.05, 4.69) is 35.8 Å². The van der Waals surface area contributed by atoms with E-state index in [4.69, 9.17) is 0 Å². The first-order valence-electron chi connectivity index (χ1n) is 6.85. The van der Waals surface area contributed by atoms with Crippen LogP contribution in [0.2, 0.25) is 0 Å². The third-order valence-electron chi connectivity index (χ3n) is 3.66. The highest BCUT2D eigenvalue weighted by molar-refractivity contribution is 5.74. The summed E-state index contributed by atoms with van der Waals surface area (Å²) in [6.07, 6.45) is 4.26. The van der Waals surface area contributed by atoms with Gasteiger partial charge in [0, 0.05) is 6.04 Å². The summed E-state index contributed by atoms with van der Waals surface area (Å²) < 4.78 is 0. The molecule has 0 fully saturated rings. The smallest absolute Gasteiger partial charge is 0.315 e. The Morgan fingerprint density at radius 1 is 1.44 bits per heavy atom. The van der Waals surface area contributed by atoms with Crippen LogP contribution >= 0.6 is 0 Å². The number of urea groups is 1. The summed E-state index contributed by atoms with van der Waals surface area (Å²) in [6, 6.07) is 8.75. The molecule has 0 radical (unpaired) electrons. The van der Waals surface area contributed by atoms with E-state index in [-0.39, 0.29) is 18.1 Å². The maximum absolute atomic E-state index is 11.9. The van der Waals surface area contributed by atoms with Crippen LogP contribution in [0.5, 0.6) is 0 Å². The fraction of sp³-hybridized carbons (Fsp3) is 0.533. The summed E-state index contributed by atoms with van der Waals surface area (Å²) >= 11 is 0. The predicted octanol–water partition coefficient (Wildman–Crippen LogP) is 3.16. The quantitative estimate of drug-likeness (QED) is 0.845. The molecule has 0 spiro atoms. The van der Waals surface area contributed by atoms with Gasteiger partial charge in [-0.1, -0.05) is 31.2 Å². The molecule has 2 rings (SSSR count). The molecule has 1 aliphatic carbocycles. The van der Waals surface area contributed by atoms with Crippen LogP contribution < -0.4 is 10.6 Å². The molecule has 18 heavy (non-hydrogen) atoms. The van der Waals surface area contributed by atoms with Gasteiger partial charge in [-0.05, 0) is 43.7 Å². The molecule has 2 atom stereocenters. The summed E-state index contributed by atoms with van der Waals surface area (Å²) in [7, 11) is 0. The molecular weight excluding hydrogens is 224 g/mol. The van der Waals surface area contributed by atoms with Gasteiger partial charge in [0.15, 0.2) is 0 Å². The number of benzene rings is 1. The van der Waals surface area contributed by atoms with Crippen molar-refractivity contribution in [1.29, 1.82) is 0 Å². The third kappa shape index (κ3) is 3.03. The lowest BCUT2D eigenvalue weighted by atomic mass is 9.88. The fourth-order valence-electron chi connectivity index (χ4n) is 2.43. The average Bonchev–Trinajstić information content (AvgIpc) is 2.39. The van der Waals surface area contributed by atoms with E-state index >= 15 is 0 Å². The van der Waals surface area contributed by atoms with Crippen LogP contribution in [0.25, 0.3) is 0 Å². The maximum atomic E-state index is 11.9. The second-order valence-electron chi connectivity index (χ2n) is 5.07. The zero-order chi connectivity index (χ0) is 13.0. The Kier molecular flexibility index (Phi) is 4.24. The van der Waals surface area contributed by atoms with Crippen molar-refractivity contribution in [3.05, 3.63) is 35.4 Å². The molecule has 1 aromatic rings. The fourth-order valence-corrected chi connectivity index (χ4v) is 2.43. The van der Waals surface area contributed by atoms with Crippen LogP contribution in [0.3, 0.4) is 0 Å². The lowest BCUT2D eigenvalue weighted by molar-refractivity contribution is 0.232. The summed E-state index contributed by atoms with van der Waals surface area (Å²) in [5, 5.41) is 6.05. The van der Waals surface area contributed by atoms with Crippen LogP contribution in [0, 0.1) is 0 Å². The molecule has 0 aromatic heterocycles. The number of fused-ring (bicyclic) bond motifs is 1. The molecule has 3 nitrogen and oxygen atoms in total. The zero-order valence-electron chi connectivity index (χ0n) is 11.2. The van der Waals surface area contributed by atoms with Gasteiger partial charge in [0.2, 0.25) is 0 Å². The first kappa shape index (κ1) is 12.9. The topological polar surface area (TPSA) is 41.1 Å². The van der Waals surface area contributed by atoms with Gasteiger partial charge in [-0.25, -0.2) is 4.79 Å². The summed E-state index contributed by atoms with van der Waals surface area (Å²) in [5.41, 5.74) is 2.65. The van der Waals surface area contributed by atoms with Crippen molar-refractivity contribution in [2.24, 2.45) is 0 Å². The van der Waals surface area contributed by atoms with E-state index in [0.717, 1.165) is 25.7 Å². The first-order valence-corrected chi connectivity index (χ1v) is 6.85. The third-order valence-corrected chi connectivity index (χ3v) is 3.66. The van der Waals surface area contributed by atoms with Gasteiger partial charge in [0.25, 0.3) is 0 Å². The Hall–Kier alpha value is -1.51. The van der Waals surface area contributed by atoms with Gasteiger partial charge in [-0.3, -0.25) is 0 Å². The van der Waals surface area contributed by atoms with E-state index in [0.29, 0.717) is 0 Å². The number of amides is 2. The summed E-state index contributed by atoms with van der Waals surface area (Å²) in [4.78, 5) is 11.9. The first-order chi connectivity index (χ1) is 8.70. The summed E-state index contributed by atoms with van der Waals surface area (Å²) in [6.45, 7) is 4.09. The highest BCUT2D eigenvalue weighted by Gasteiger charge is 2.21. The Morgan fingerprint density at radius 3 is 3.00 bits per heavy atom. The lowest BCUT2D eigenvalue weighted by Gasteiger charge is -2.27. The van der Waals surface area contributed by atoms with Gasteiger partial charge < -0.3 is 10.6 Å². The molecule has 2 amide bonds. The highest BCUT2D eigenvalue weighted by Crippen LogP contribution is 2.29. The molecule has 0 saturated carbocycles. The molecule has 0 aliphatic heterocycles. The van der Waals surface area contributed by atoms with Crippen LogP contribution in [0.1, 0.15) is 50.3 Å². The standard InChI is InChI=1S/C15H22N2O/c1-3-11(2)16-15(18)17-14-10-6-8-12-7-4-5-9-13(12)14/h4-5,7,9,11,14H,3,6,8,10H2,1-2H3,(H2,16,17,18)/t11-,14-/m1/s1. The van der Waals surface area contributed by atoms with Crippen LogP contribution in [-0.2, 0) is 6.42 Å². The van der Waals surface area contributed by atoms with E-state index < -0.39 is 0 Å². The number of carbonyl (C=O) groups excluding carboxylic acids is 1. The van der Waals surface area contributed by atoms with E-state index in [1.54, 1.807) is 0 Å². The molecule has 1 aliphatic rings. The minimum atomic E-state index is -0.0500. The van der Waals surface area contributed by atoms with E-state index in [1.165, 1.54) is 11.1 Å². The molecular formula is C15H22N2O. The minimum Gasteiger partial charge on any atom is -0.336 e. The number of rotatable bonds is 3. The average molecular weight is 246 g/mol. The van der Waals surface area contributed by atoms with Crippen molar-refractivity contribution in [3.63, 3.8) is 0 Å². The molecule has 0 heterocycles. The van der Waals surface area contributed by atoms with Gasteiger partial charge in [-0.2, -0.15) is 0 Å². The van der Waals surface area contributed by atoms with Gasteiger partial charge in [0.05, 0.1) is 6.04 Å². The zero-order valence-corrected chi connectivity index (χ0v) is 11.2. The molecule has 0 unspecified atom stereocenters. The minimum absolute atomic E-state index is 0.0500. The second-order valence-corrected chi connectivity index (χ2v) is 5.07. The normalized spacial score (nSPS) is 19.8. The SMILES string of the molecule is CC[C@@H](C)NC(=O)N[C@@H]1CCCc2ccccc21. The molecule has 0 saturated heterocycles. The number of hydrogen-bond donors (Lipinski definition) is 2. The molecule has 98 valence electrons. The van der Waals surface area contributed by atoms with Crippen molar-refractivity contribution in [3.8, 4) is 0 Å². The van der Waals surface area contributed by atoms with Crippen LogP contribution in [-0.4, -0.2) is 12.1 Å². The predicted molar refractivity (Wildman–Crippen MR) is 73.5 cm³/mol. The lowest BCUT2D eigenvalue weighted by Crippen LogP contribution is -2.42. The van der Waals surface area contributed by atoms with Crippen molar-refractivity contribution < 1.29 is 4.79 Å². The number of nitrogens with one attached hydrogen (secondary N) is 2. The molecule has 1 aromatic carbocycles. The Balaban J connectivity index is 2.01. The Morgan fingerprint density at radius 2 is 2.22 bits per heavy atom. The van der Waals surface area contributed by atoms with E-state index in [9.17, 15) is 4.79 Å².